The standard InChI is InChI=1S/C13H22N2/c1-3-4-7-10-15(2)11-12-8-5-6-9-13(12)14/h5-6,8-9H,3-4,7,10-11,14H2,1-2H3. The summed E-state index contributed by atoms with van der Waals surface area (Å²) in [4.78, 5) is 2.33. The predicted molar refractivity (Wildman–Crippen MR) is 66.7 cm³/mol. The first-order chi connectivity index (χ1) is 7.24. The Hall–Kier alpha value is -1.02. The van der Waals surface area contributed by atoms with Crippen LogP contribution in [0.25, 0.3) is 0 Å². The van der Waals surface area contributed by atoms with Crippen LogP contribution in [0.15, 0.2) is 24.3 Å². The van der Waals surface area contributed by atoms with Crippen molar-refractivity contribution in [3.8, 4) is 0 Å². The van der Waals surface area contributed by atoms with Gasteiger partial charge in [0.25, 0.3) is 0 Å². The van der Waals surface area contributed by atoms with E-state index in [1.807, 2.05) is 18.2 Å². The highest BCUT2D eigenvalue weighted by Crippen LogP contribution is 2.12. The number of anilines is 1. The van der Waals surface area contributed by atoms with Gasteiger partial charge in [0.15, 0.2) is 0 Å². The first-order valence-corrected chi connectivity index (χ1v) is 5.76. The first-order valence-electron chi connectivity index (χ1n) is 5.76. The molecule has 0 aromatic heterocycles. The number of unbranched alkanes of at least 4 members (excludes halogenated alkanes) is 2. The van der Waals surface area contributed by atoms with E-state index < -0.39 is 0 Å². The number of para-hydroxylation sites is 1. The summed E-state index contributed by atoms with van der Waals surface area (Å²) in [6.45, 7) is 4.34. The van der Waals surface area contributed by atoms with Gasteiger partial charge in [0.05, 0.1) is 0 Å². The van der Waals surface area contributed by atoms with Crippen LogP contribution in [0.5, 0.6) is 0 Å². The molecule has 0 saturated heterocycles. The molecule has 2 heteroatoms. The minimum atomic E-state index is 0.903. The summed E-state index contributed by atoms with van der Waals surface area (Å²) in [5.74, 6) is 0. The van der Waals surface area contributed by atoms with E-state index in [9.17, 15) is 0 Å². The molecule has 84 valence electrons. The lowest BCUT2D eigenvalue weighted by molar-refractivity contribution is 0.318. The van der Waals surface area contributed by atoms with Crippen LogP contribution in [0.1, 0.15) is 31.7 Å². The van der Waals surface area contributed by atoms with Gasteiger partial charge in [-0.2, -0.15) is 0 Å². The molecule has 0 fully saturated rings. The first kappa shape index (κ1) is 12.1. The van der Waals surface area contributed by atoms with Crippen molar-refractivity contribution < 1.29 is 0 Å². The molecule has 0 bridgehead atoms. The second-order valence-corrected chi connectivity index (χ2v) is 4.14. The second-order valence-electron chi connectivity index (χ2n) is 4.14. The lowest BCUT2D eigenvalue weighted by atomic mass is 10.1. The maximum absolute atomic E-state index is 5.90. The molecule has 0 aliphatic rings. The number of hydrogen-bond donors (Lipinski definition) is 1. The summed E-state index contributed by atoms with van der Waals surface area (Å²) in [6.07, 6.45) is 3.87. The molecule has 0 unspecified atom stereocenters. The van der Waals surface area contributed by atoms with Crippen LogP contribution in [-0.2, 0) is 6.54 Å². The molecule has 1 rings (SSSR count). The maximum Gasteiger partial charge on any atom is 0.0359 e. The zero-order valence-electron chi connectivity index (χ0n) is 9.87. The highest BCUT2D eigenvalue weighted by Gasteiger charge is 2.02. The van der Waals surface area contributed by atoms with Crippen LogP contribution >= 0.6 is 0 Å². The molecule has 2 nitrogen and oxygen atoms in total. The van der Waals surface area contributed by atoms with Crippen molar-refractivity contribution in [1.29, 1.82) is 0 Å². The Morgan fingerprint density at radius 2 is 1.93 bits per heavy atom. The number of nitrogen functional groups attached to an aromatic ring is 1. The fourth-order valence-electron chi connectivity index (χ4n) is 1.68. The van der Waals surface area contributed by atoms with E-state index in [1.165, 1.54) is 24.8 Å². The molecule has 2 N–H and O–H groups in total. The van der Waals surface area contributed by atoms with Gasteiger partial charge >= 0.3 is 0 Å². The average Bonchev–Trinajstić information content (AvgIpc) is 2.22. The largest absolute Gasteiger partial charge is 0.398 e. The third kappa shape index (κ3) is 4.34. The lowest BCUT2D eigenvalue weighted by Crippen LogP contribution is -2.19. The van der Waals surface area contributed by atoms with Crippen LogP contribution in [0.3, 0.4) is 0 Å². The minimum Gasteiger partial charge on any atom is -0.398 e. The second kappa shape index (κ2) is 6.46. The number of rotatable bonds is 6. The lowest BCUT2D eigenvalue weighted by Gasteiger charge is -2.17. The summed E-state index contributed by atoms with van der Waals surface area (Å²) in [7, 11) is 2.15. The molecule has 0 amide bonds. The van der Waals surface area contributed by atoms with E-state index in [1.54, 1.807) is 0 Å². The average molecular weight is 206 g/mol. The maximum atomic E-state index is 5.90. The zero-order chi connectivity index (χ0) is 11.1. The summed E-state index contributed by atoms with van der Waals surface area (Å²) in [5, 5.41) is 0. The highest BCUT2D eigenvalue weighted by atomic mass is 15.1. The fraction of sp³-hybridized carbons (Fsp3) is 0.538. The molecule has 15 heavy (non-hydrogen) atoms. The van der Waals surface area contributed by atoms with Crippen molar-refractivity contribution in [2.45, 2.75) is 32.7 Å². The van der Waals surface area contributed by atoms with Gasteiger partial charge in [0.1, 0.15) is 0 Å². The normalized spacial score (nSPS) is 10.9. The smallest absolute Gasteiger partial charge is 0.0359 e. The minimum absolute atomic E-state index is 0.903. The van der Waals surface area contributed by atoms with Gasteiger partial charge in [-0.1, -0.05) is 38.0 Å². The number of benzene rings is 1. The fourth-order valence-corrected chi connectivity index (χ4v) is 1.68. The van der Waals surface area contributed by atoms with E-state index in [4.69, 9.17) is 5.73 Å². The Bertz CT molecular complexity index is 284. The quantitative estimate of drug-likeness (QED) is 0.573. The SMILES string of the molecule is CCCCCN(C)Cc1ccccc1N. The summed E-state index contributed by atoms with van der Waals surface area (Å²) in [6, 6.07) is 8.10. The molecular formula is C13H22N2. The summed E-state index contributed by atoms with van der Waals surface area (Å²) in [5.41, 5.74) is 8.03. The Labute approximate surface area is 93.1 Å². The third-order valence-electron chi connectivity index (χ3n) is 2.64. The highest BCUT2D eigenvalue weighted by molar-refractivity contribution is 5.46. The van der Waals surface area contributed by atoms with Gasteiger partial charge in [0, 0.05) is 12.2 Å². The number of nitrogens with zero attached hydrogens (tertiary/aromatic N) is 1. The van der Waals surface area contributed by atoms with Gasteiger partial charge in [-0.3, -0.25) is 0 Å². The molecule has 1 aromatic carbocycles. The third-order valence-corrected chi connectivity index (χ3v) is 2.64. The zero-order valence-corrected chi connectivity index (χ0v) is 9.87. The van der Waals surface area contributed by atoms with Crippen molar-refractivity contribution in [2.24, 2.45) is 0 Å². The molecule has 0 heterocycles. The van der Waals surface area contributed by atoms with E-state index in [0.717, 1.165) is 18.8 Å². The van der Waals surface area contributed by atoms with Gasteiger partial charge in [-0.15, -0.1) is 0 Å². The summed E-state index contributed by atoms with van der Waals surface area (Å²) >= 11 is 0. The van der Waals surface area contributed by atoms with E-state index in [0.29, 0.717) is 0 Å². The van der Waals surface area contributed by atoms with Crippen molar-refractivity contribution >= 4 is 5.69 Å². The van der Waals surface area contributed by atoms with Crippen molar-refractivity contribution in [1.82, 2.24) is 4.90 Å². The molecule has 1 aromatic rings. The van der Waals surface area contributed by atoms with Crippen LogP contribution in [0, 0.1) is 0 Å². The van der Waals surface area contributed by atoms with Crippen LogP contribution in [-0.4, -0.2) is 18.5 Å². The van der Waals surface area contributed by atoms with Crippen LogP contribution in [0.2, 0.25) is 0 Å². The van der Waals surface area contributed by atoms with E-state index in [2.05, 4.69) is 24.9 Å². The Morgan fingerprint density at radius 1 is 1.20 bits per heavy atom. The van der Waals surface area contributed by atoms with Crippen LogP contribution < -0.4 is 5.73 Å². The topological polar surface area (TPSA) is 29.3 Å². The molecule has 0 radical (unpaired) electrons. The van der Waals surface area contributed by atoms with Gasteiger partial charge in [0.2, 0.25) is 0 Å². The Kier molecular flexibility index (Phi) is 5.19. The van der Waals surface area contributed by atoms with Crippen molar-refractivity contribution in [3.63, 3.8) is 0 Å². The van der Waals surface area contributed by atoms with E-state index >= 15 is 0 Å². The van der Waals surface area contributed by atoms with Gasteiger partial charge < -0.3 is 10.6 Å². The molecule has 0 aliphatic heterocycles. The van der Waals surface area contributed by atoms with E-state index in [-0.39, 0.29) is 0 Å². The van der Waals surface area contributed by atoms with Gasteiger partial charge in [-0.25, -0.2) is 0 Å². The molecule has 0 spiro atoms. The Balaban J connectivity index is 2.37. The monoisotopic (exact) mass is 206 g/mol. The van der Waals surface area contributed by atoms with Crippen molar-refractivity contribution in [3.05, 3.63) is 29.8 Å². The number of nitrogens with two attached hydrogens (primary N) is 1. The number of hydrogen-bond acceptors (Lipinski definition) is 2. The molecule has 0 atom stereocenters. The molecule has 0 saturated carbocycles. The Morgan fingerprint density at radius 3 is 2.60 bits per heavy atom. The van der Waals surface area contributed by atoms with Crippen LogP contribution in [0.4, 0.5) is 5.69 Å². The molecule has 0 aliphatic carbocycles. The van der Waals surface area contributed by atoms with Gasteiger partial charge in [-0.05, 0) is 31.6 Å². The molecular weight excluding hydrogens is 184 g/mol. The summed E-state index contributed by atoms with van der Waals surface area (Å²) < 4.78 is 0. The van der Waals surface area contributed by atoms with Crippen molar-refractivity contribution in [2.75, 3.05) is 19.3 Å². The predicted octanol–water partition coefficient (Wildman–Crippen LogP) is 2.89.